The van der Waals surface area contributed by atoms with Crippen LogP contribution in [0.4, 0.5) is 0 Å². The van der Waals surface area contributed by atoms with Crippen molar-refractivity contribution in [3.63, 3.8) is 0 Å². The molecule has 212 valence electrons. The van der Waals surface area contributed by atoms with Crippen molar-refractivity contribution in [2.75, 3.05) is 0 Å². The molecule has 0 amide bonds. The Bertz CT molecular complexity index is 2230. The van der Waals surface area contributed by atoms with Crippen molar-refractivity contribution in [2.45, 2.75) is 37.6 Å². The largest absolute Gasteiger partial charge is 0.333 e. The van der Waals surface area contributed by atoms with E-state index in [2.05, 4.69) is 155 Å². The van der Waals surface area contributed by atoms with Crippen LogP contribution in [-0.2, 0) is 6.42 Å². The topological polar surface area (TPSA) is 9.86 Å². The molecule has 9 rings (SSSR count). The summed E-state index contributed by atoms with van der Waals surface area (Å²) in [5.74, 6) is 0.346. The molecule has 0 bridgehead atoms. The molecule has 0 N–H and O–H groups in total. The van der Waals surface area contributed by atoms with Gasteiger partial charge in [0.25, 0.3) is 0 Å². The third-order valence-electron chi connectivity index (χ3n) is 9.81. The summed E-state index contributed by atoms with van der Waals surface area (Å²) in [5.41, 5.74) is 12.0. The SMILES string of the molecule is C1=CCC(n2c3ccccc3c3cc(C4=CC(c5ccc6c(c5)c5c(n6-c6ccccc6)CCC=C5)CC=C4)ccc32)C=C1. The van der Waals surface area contributed by atoms with Gasteiger partial charge in [0.2, 0.25) is 0 Å². The minimum Gasteiger partial charge on any atom is -0.333 e. The number of fused-ring (bicyclic) bond motifs is 6. The smallest absolute Gasteiger partial charge is 0.0560 e. The van der Waals surface area contributed by atoms with E-state index in [1.54, 1.807) is 0 Å². The fourth-order valence-corrected chi connectivity index (χ4v) is 7.75. The van der Waals surface area contributed by atoms with Crippen molar-refractivity contribution < 1.29 is 0 Å². The predicted molar refractivity (Wildman–Crippen MR) is 186 cm³/mol. The molecule has 2 nitrogen and oxygen atoms in total. The number of rotatable bonds is 4. The highest BCUT2D eigenvalue weighted by Crippen LogP contribution is 2.40. The van der Waals surface area contributed by atoms with Gasteiger partial charge in [0.05, 0.1) is 11.6 Å². The summed E-state index contributed by atoms with van der Waals surface area (Å²) in [6.07, 6.45) is 25.0. The van der Waals surface area contributed by atoms with Crippen LogP contribution >= 0.6 is 0 Å². The molecule has 3 aliphatic carbocycles. The zero-order chi connectivity index (χ0) is 29.0. The van der Waals surface area contributed by atoms with E-state index < -0.39 is 0 Å². The van der Waals surface area contributed by atoms with Crippen molar-refractivity contribution in [1.82, 2.24) is 9.13 Å². The van der Waals surface area contributed by atoms with Crippen LogP contribution in [0.1, 0.15) is 53.6 Å². The number of para-hydroxylation sites is 2. The van der Waals surface area contributed by atoms with Crippen molar-refractivity contribution in [1.29, 1.82) is 0 Å². The average Bonchev–Trinajstić information content (AvgIpc) is 3.61. The second-order valence-electron chi connectivity index (χ2n) is 12.4. The molecule has 0 fully saturated rings. The lowest BCUT2D eigenvalue weighted by Gasteiger charge is -2.19. The van der Waals surface area contributed by atoms with Crippen molar-refractivity contribution in [2.24, 2.45) is 0 Å². The van der Waals surface area contributed by atoms with Gasteiger partial charge >= 0.3 is 0 Å². The van der Waals surface area contributed by atoms with Crippen LogP contribution in [0, 0.1) is 0 Å². The number of nitrogens with zero attached hydrogens (tertiary/aromatic N) is 2. The van der Waals surface area contributed by atoms with E-state index >= 15 is 0 Å². The normalized spacial score (nSPS) is 19.2. The van der Waals surface area contributed by atoms with Gasteiger partial charge < -0.3 is 9.13 Å². The number of allylic oxidation sites excluding steroid dienone is 9. The highest BCUT2D eigenvalue weighted by molar-refractivity contribution is 6.09. The molecule has 2 heteroatoms. The monoisotopic (exact) mass is 566 g/mol. The van der Waals surface area contributed by atoms with Crippen LogP contribution in [0.15, 0.2) is 140 Å². The third-order valence-corrected chi connectivity index (χ3v) is 9.81. The fourth-order valence-electron chi connectivity index (χ4n) is 7.75. The first-order chi connectivity index (χ1) is 21.8. The molecule has 4 aromatic carbocycles. The zero-order valence-corrected chi connectivity index (χ0v) is 24.7. The lowest BCUT2D eigenvalue weighted by molar-refractivity contribution is 0.648. The lowest BCUT2D eigenvalue weighted by atomic mass is 9.86. The van der Waals surface area contributed by atoms with Crippen LogP contribution in [0.5, 0.6) is 0 Å². The molecule has 0 radical (unpaired) electrons. The first kappa shape index (κ1) is 25.4. The molecule has 0 spiro atoms. The Morgan fingerprint density at radius 1 is 0.636 bits per heavy atom. The van der Waals surface area contributed by atoms with E-state index in [4.69, 9.17) is 0 Å². The van der Waals surface area contributed by atoms with E-state index in [1.165, 1.54) is 66.4 Å². The van der Waals surface area contributed by atoms with Crippen molar-refractivity contribution in [3.8, 4) is 5.69 Å². The fraction of sp³-hybridized carbons (Fsp3) is 0.143. The molecule has 44 heavy (non-hydrogen) atoms. The van der Waals surface area contributed by atoms with Gasteiger partial charge in [-0.05, 0) is 84.8 Å². The number of hydrogen-bond donors (Lipinski definition) is 0. The Kier molecular flexibility index (Phi) is 5.94. The van der Waals surface area contributed by atoms with E-state index in [9.17, 15) is 0 Å². The molecule has 2 unspecified atom stereocenters. The quantitative estimate of drug-likeness (QED) is 0.201. The van der Waals surface area contributed by atoms with Crippen LogP contribution < -0.4 is 0 Å². The molecule has 0 saturated carbocycles. The molecule has 2 aromatic heterocycles. The lowest BCUT2D eigenvalue weighted by Crippen LogP contribution is -2.06. The summed E-state index contributed by atoms with van der Waals surface area (Å²) < 4.78 is 5.00. The summed E-state index contributed by atoms with van der Waals surface area (Å²) in [6.45, 7) is 0. The van der Waals surface area contributed by atoms with Crippen molar-refractivity contribution >= 4 is 44.4 Å². The summed E-state index contributed by atoms with van der Waals surface area (Å²) >= 11 is 0. The van der Waals surface area contributed by atoms with E-state index in [0.29, 0.717) is 12.0 Å². The number of benzene rings is 4. The van der Waals surface area contributed by atoms with Gasteiger partial charge in [-0.3, -0.25) is 0 Å². The number of aromatic nitrogens is 2. The molecule has 3 aliphatic rings. The Morgan fingerprint density at radius 2 is 1.50 bits per heavy atom. The van der Waals surface area contributed by atoms with Gasteiger partial charge in [-0.15, -0.1) is 0 Å². The zero-order valence-electron chi connectivity index (χ0n) is 24.7. The minimum atomic E-state index is 0.346. The van der Waals surface area contributed by atoms with Crippen LogP contribution in [0.3, 0.4) is 0 Å². The van der Waals surface area contributed by atoms with Crippen LogP contribution in [-0.4, -0.2) is 9.13 Å². The molecule has 2 heterocycles. The second kappa shape index (κ2) is 10.3. The van der Waals surface area contributed by atoms with Gasteiger partial charge in [-0.25, -0.2) is 0 Å². The van der Waals surface area contributed by atoms with Crippen LogP contribution in [0.25, 0.3) is 50.0 Å². The van der Waals surface area contributed by atoms with E-state index in [1.807, 2.05) is 0 Å². The molecule has 6 aromatic rings. The van der Waals surface area contributed by atoms with Gasteiger partial charge in [0.15, 0.2) is 0 Å². The average molecular weight is 567 g/mol. The van der Waals surface area contributed by atoms with Gasteiger partial charge in [0, 0.05) is 50.1 Å². The van der Waals surface area contributed by atoms with Gasteiger partial charge in [-0.1, -0.05) is 103 Å². The highest BCUT2D eigenvalue weighted by Gasteiger charge is 2.22. The molecular formula is C42H34N2. The maximum Gasteiger partial charge on any atom is 0.0560 e. The summed E-state index contributed by atoms with van der Waals surface area (Å²) in [5, 5.41) is 4.03. The molecule has 0 aliphatic heterocycles. The predicted octanol–water partition coefficient (Wildman–Crippen LogP) is 10.9. The Morgan fingerprint density at radius 3 is 2.41 bits per heavy atom. The number of hydrogen-bond acceptors (Lipinski definition) is 0. The maximum atomic E-state index is 2.52. The Balaban J connectivity index is 1.13. The maximum absolute atomic E-state index is 2.52. The van der Waals surface area contributed by atoms with Crippen molar-refractivity contribution in [3.05, 3.63) is 162 Å². The minimum absolute atomic E-state index is 0.346. The molecule has 0 saturated heterocycles. The van der Waals surface area contributed by atoms with Gasteiger partial charge in [0.1, 0.15) is 0 Å². The Labute approximate surface area is 258 Å². The molecule has 2 atom stereocenters. The highest BCUT2D eigenvalue weighted by atomic mass is 15.0. The summed E-state index contributed by atoms with van der Waals surface area (Å²) in [7, 11) is 0. The summed E-state index contributed by atoms with van der Waals surface area (Å²) in [6, 6.07) is 34.3. The standard InChI is InChI=1S/C42H34N2/c1-3-14-33(15-4-1)43-39-20-9-7-18-35(39)37-27-31(22-24-41(37)43)29-12-11-13-30(26-29)32-23-25-42-38(28-32)36-19-8-10-21-40(36)44(42)34-16-5-2-6-17-34/h1-9,11-12,14,16-20,22-28,30,33H,10,13,15,21H2. The summed E-state index contributed by atoms with van der Waals surface area (Å²) in [4.78, 5) is 0. The third kappa shape index (κ3) is 4.02. The first-order valence-corrected chi connectivity index (χ1v) is 16.0. The second-order valence-corrected chi connectivity index (χ2v) is 12.4. The first-order valence-electron chi connectivity index (χ1n) is 16.0. The van der Waals surface area contributed by atoms with Crippen LogP contribution in [0.2, 0.25) is 0 Å². The Hall–Kier alpha value is -5.08. The van der Waals surface area contributed by atoms with E-state index in [-0.39, 0.29) is 0 Å². The van der Waals surface area contributed by atoms with E-state index in [0.717, 1.165) is 25.7 Å². The van der Waals surface area contributed by atoms with Gasteiger partial charge in [-0.2, -0.15) is 0 Å². The molecular weight excluding hydrogens is 532 g/mol.